The summed E-state index contributed by atoms with van der Waals surface area (Å²) >= 11 is 0. The van der Waals surface area contributed by atoms with Crippen molar-refractivity contribution in [1.82, 2.24) is 0 Å². The smallest absolute Gasteiger partial charge is 0.214 e. The van der Waals surface area contributed by atoms with E-state index >= 15 is 0 Å². The van der Waals surface area contributed by atoms with Crippen LogP contribution in [0.2, 0.25) is 0 Å². The van der Waals surface area contributed by atoms with E-state index in [1.807, 2.05) is 0 Å². The van der Waals surface area contributed by atoms with Crippen molar-refractivity contribution in [3.63, 3.8) is 0 Å². The summed E-state index contributed by atoms with van der Waals surface area (Å²) in [5, 5.41) is 9.72. The fourth-order valence-electron chi connectivity index (χ4n) is 2.14. The zero-order valence-corrected chi connectivity index (χ0v) is 9.48. The first-order chi connectivity index (χ1) is 8.14. The number of hydrogen-bond acceptors (Lipinski definition) is 3. The van der Waals surface area contributed by atoms with Gasteiger partial charge in [-0.2, -0.15) is 0 Å². The molecule has 3 nitrogen and oxygen atoms in total. The van der Waals surface area contributed by atoms with Crippen LogP contribution in [0.3, 0.4) is 0 Å². The maximum atomic E-state index is 12.3. The van der Waals surface area contributed by atoms with E-state index in [9.17, 15) is 9.90 Å². The largest absolute Gasteiger partial charge is 0.507 e. The normalized spacial score (nSPS) is 16.1. The molecule has 0 aliphatic carbocycles. The zero-order valence-electron chi connectivity index (χ0n) is 9.48. The van der Waals surface area contributed by atoms with Crippen LogP contribution in [0.15, 0.2) is 43.5 Å². The number of phenols is 1. The van der Waals surface area contributed by atoms with Crippen LogP contribution >= 0.6 is 0 Å². The van der Waals surface area contributed by atoms with Gasteiger partial charge in [-0.15, -0.1) is 13.2 Å². The van der Waals surface area contributed by atoms with E-state index in [0.29, 0.717) is 18.6 Å². The standard InChI is InChI=1S/C14H14O3/c1-3-8-14(9-4-2)13(16)12-10(15)6-5-7-11(12)17-14/h3-7,15H,1-2,8-9H2. The summed E-state index contributed by atoms with van der Waals surface area (Å²) in [6, 6.07) is 4.82. The second-order valence-corrected chi connectivity index (χ2v) is 4.06. The molecule has 2 rings (SSSR count). The van der Waals surface area contributed by atoms with Crippen molar-refractivity contribution >= 4 is 5.78 Å². The fourth-order valence-corrected chi connectivity index (χ4v) is 2.14. The Labute approximate surface area is 100 Å². The molecule has 0 atom stereocenters. The van der Waals surface area contributed by atoms with E-state index in [4.69, 9.17) is 4.74 Å². The highest BCUT2D eigenvalue weighted by atomic mass is 16.5. The summed E-state index contributed by atoms with van der Waals surface area (Å²) < 4.78 is 5.72. The van der Waals surface area contributed by atoms with Gasteiger partial charge in [-0.05, 0) is 12.1 Å². The topological polar surface area (TPSA) is 46.5 Å². The number of carbonyl (C=O) groups excluding carboxylic acids is 1. The Balaban J connectivity index is 2.50. The van der Waals surface area contributed by atoms with Crippen molar-refractivity contribution in [2.45, 2.75) is 18.4 Å². The van der Waals surface area contributed by atoms with Gasteiger partial charge in [0.15, 0.2) is 5.60 Å². The molecule has 1 heterocycles. The van der Waals surface area contributed by atoms with Crippen LogP contribution < -0.4 is 4.74 Å². The minimum atomic E-state index is -0.981. The van der Waals surface area contributed by atoms with Gasteiger partial charge in [0, 0.05) is 12.8 Å². The number of ketones is 1. The average Bonchev–Trinajstić information content (AvgIpc) is 2.55. The summed E-state index contributed by atoms with van der Waals surface area (Å²) in [4.78, 5) is 12.3. The lowest BCUT2D eigenvalue weighted by atomic mass is 9.88. The quantitative estimate of drug-likeness (QED) is 0.809. The minimum Gasteiger partial charge on any atom is -0.507 e. The van der Waals surface area contributed by atoms with Crippen LogP contribution in [0.1, 0.15) is 23.2 Å². The second kappa shape index (κ2) is 4.09. The lowest BCUT2D eigenvalue weighted by Crippen LogP contribution is -2.39. The predicted molar refractivity (Wildman–Crippen MR) is 65.4 cm³/mol. The highest BCUT2D eigenvalue weighted by molar-refractivity contribution is 6.09. The zero-order chi connectivity index (χ0) is 12.5. The van der Waals surface area contributed by atoms with Gasteiger partial charge in [0.25, 0.3) is 0 Å². The number of fused-ring (bicyclic) bond motifs is 1. The van der Waals surface area contributed by atoms with Gasteiger partial charge in [-0.25, -0.2) is 0 Å². The maximum absolute atomic E-state index is 12.3. The third kappa shape index (κ3) is 1.64. The molecule has 1 aliphatic rings. The molecule has 0 bridgehead atoms. The number of Topliss-reactive ketones (excluding diaryl/α,β-unsaturated/α-hetero) is 1. The summed E-state index contributed by atoms with van der Waals surface area (Å²) in [5.74, 6) is 0.187. The Kier molecular flexibility index (Phi) is 2.76. The number of hydrogen-bond donors (Lipinski definition) is 1. The van der Waals surface area contributed by atoms with Gasteiger partial charge in [0.2, 0.25) is 5.78 Å². The second-order valence-electron chi connectivity index (χ2n) is 4.06. The molecule has 0 saturated heterocycles. The number of rotatable bonds is 4. The molecular formula is C14H14O3. The molecule has 1 aromatic carbocycles. The first kappa shape index (κ1) is 11.5. The third-order valence-corrected chi connectivity index (χ3v) is 2.90. The Hall–Kier alpha value is -2.03. The highest BCUT2D eigenvalue weighted by Crippen LogP contribution is 2.43. The van der Waals surface area contributed by atoms with Crippen LogP contribution in [0.5, 0.6) is 11.5 Å². The molecule has 0 amide bonds. The Bertz CT molecular complexity index is 478. The molecule has 1 N–H and O–H groups in total. The van der Waals surface area contributed by atoms with Crippen LogP contribution in [-0.4, -0.2) is 16.5 Å². The van der Waals surface area contributed by atoms with E-state index in [1.165, 1.54) is 6.07 Å². The number of carbonyl (C=O) groups is 1. The van der Waals surface area contributed by atoms with Crippen LogP contribution in [0.25, 0.3) is 0 Å². The number of ether oxygens (including phenoxy) is 1. The molecule has 1 aliphatic heterocycles. The van der Waals surface area contributed by atoms with Crippen molar-refractivity contribution in [3.8, 4) is 11.5 Å². The first-order valence-corrected chi connectivity index (χ1v) is 5.42. The molecule has 0 unspecified atom stereocenters. The van der Waals surface area contributed by atoms with Crippen molar-refractivity contribution < 1.29 is 14.6 Å². The van der Waals surface area contributed by atoms with E-state index in [1.54, 1.807) is 24.3 Å². The summed E-state index contributed by atoms with van der Waals surface area (Å²) in [5.41, 5.74) is -0.721. The molecule has 0 saturated carbocycles. The SMILES string of the molecule is C=CCC1(CC=C)Oc2cccc(O)c2C1=O. The summed E-state index contributed by atoms with van der Waals surface area (Å²) in [6.45, 7) is 7.28. The van der Waals surface area contributed by atoms with Gasteiger partial charge in [0.1, 0.15) is 17.1 Å². The molecule has 17 heavy (non-hydrogen) atoms. The van der Waals surface area contributed by atoms with Crippen molar-refractivity contribution in [3.05, 3.63) is 49.1 Å². The Morgan fingerprint density at radius 3 is 2.47 bits per heavy atom. The highest BCUT2D eigenvalue weighted by Gasteiger charge is 2.47. The van der Waals surface area contributed by atoms with Gasteiger partial charge < -0.3 is 9.84 Å². The molecule has 0 fully saturated rings. The van der Waals surface area contributed by atoms with Gasteiger partial charge in [0.05, 0.1) is 0 Å². The molecule has 0 spiro atoms. The average molecular weight is 230 g/mol. The lowest BCUT2D eigenvalue weighted by Gasteiger charge is -2.24. The summed E-state index contributed by atoms with van der Waals surface area (Å²) in [6.07, 6.45) is 4.08. The Morgan fingerprint density at radius 2 is 1.94 bits per heavy atom. The monoisotopic (exact) mass is 230 g/mol. The molecule has 0 radical (unpaired) electrons. The molecule has 0 aromatic heterocycles. The predicted octanol–water partition coefficient (Wildman–Crippen LogP) is 2.86. The molecule has 3 heteroatoms. The fraction of sp³-hybridized carbons (Fsp3) is 0.214. The molecule has 1 aromatic rings. The first-order valence-electron chi connectivity index (χ1n) is 5.42. The van der Waals surface area contributed by atoms with Crippen molar-refractivity contribution in [2.75, 3.05) is 0 Å². The number of phenolic OH excluding ortho intramolecular Hbond substituents is 1. The van der Waals surface area contributed by atoms with E-state index in [-0.39, 0.29) is 17.1 Å². The minimum absolute atomic E-state index is 0.0394. The van der Waals surface area contributed by atoms with E-state index < -0.39 is 5.60 Å². The molecule has 88 valence electrons. The van der Waals surface area contributed by atoms with Gasteiger partial charge >= 0.3 is 0 Å². The van der Waals surface area contributed by atoms with Crippen LogP contribution in [0.4, 0.5) is 0 Å². The number of benzene rings is 1. The van der Waals surface area contributed by atoms with Gasteiger partial charge in [-0.3, -0.25) is 4.79 Å². The lowest BCUT2D eigenvalue weighted by molar-refractivity contribution is 0.0581. The molecular weight excluding hydrogens is 216 g/mol. The maximum Gasteiger partial charge on any atom is 0.214 e. The Morgan fingerprint density at radius 1 is 1.29 bits per heavy atom. The van der Waals surface area contributed by atoms with Crippen LogP contribution in [-0.2, 0) is 0 Å². The van der Waals surface area contributed by atoms with Crippen molar-refractivity contribution in [2.24, 2.45) is 0 Å². The van der Waals surface area contributed by atoms with Crippen molar-refractivity contribution in [1.29, 1.82) is 0 Å². The third-order valence-electron chi connectivity index (χ3n) is 2.90. The van der Waals surface area contributed by atoms with E-state index in [2.05, 4.69) is 13.2 Å². The van der Waals surface area contributed by atoms with Gasteiger partial charge in [-0.1, -0.05) is 18.2 Å². The number of aromatic hydroxyl groups is 1. The summed E-state index contributed by atoms with van der Waals surface area (Å²) in [7, 11) is 0. The van der Waals surface area contributed by atoms with Crippen LogP contribution in [0, 0.1) is 0 Å². The van der Waals surface area contributed by atoms with E-state index in [0.717, 1.165) is 0 Å².